The molecule has 2 unspecified atom stereocenters. The average molecular weight is 1140 g/mol. The monoisotopic (exact) mass is 1140 g/mol. The second-order valence-electron chi connectivity index (χ2n) is 23.1. The Bertz CT molecular complexity index is 1670. The van der Waals surface area contributed by atoms with Crippen LogP contribution in [0.1, 0.15) is 284 Å². The van der Waals surface area contributed by atoms with E-state index in [4.69, 9.17) is 18.5 Å². The summed E-state index contributed by atoms with van der Waals surface area (Å²) in [4.78, 5) is 35.7. The summed E-state index contributed by atoms with van der Waals surface area (Å²) in [5.41, 5.74) is 0. The molecule has 0 saturated carbocycles. The summed E-state index contributed by atoms with van der Waals surface area (Å²) in [5.74, 6) is -0.800. The minimum atomic E-state index is -4.39. The first-order valence-corrected chi connectivity index (χ1v) is 34.5. The highest BCUT2D eigenvalue weighted by molar-refractivity contribution is 7.47. The molecule has 2 atom stereocenters. The Balaban J connectivity index is 3.97. The van der Waals surface area contributed by atoms with Crippen molar-refractivity contribution in [3.05, 3.63) is 97.2 Å². The number of rotatable bonds is 60. The van der Waals surface area contributed by atoms with Crippen LogP contribution in [0.2, 0.25) is 0 Å². The Morgan fingerprint density at radius 2 is 0.713 bits per heavy atom. The van der Waals surface area contributed by atoms with Gasteiger partial charge in [-0.1, -0.05) is 272 Å². The van der Waals surface area contributed by atoms with E-state index in [0.29, 0.717) is 17.4 Å². The van der Waals surface area contributed by atoms with Crippen molar-refractivity contribution in [2.45, 2.75) is 290 Å². The van der Waals surface area contributed by atoms with E-state index in [-0.39, 0.29) is 32.0 Å². The zero-order valence-electron chi connectivity index (χ0n) is 52.5. The van der Waals surface area contributed by atoms with Gasteiger partial charge in [0.05, 0.1) is 27.7 Å². The number of carbonyl (C=O) groups excluding carboxylic acids is 2. The normalized spacial score (nSPS) is 13.8. The molecule has 0 aromatic rings. The van der Waals surface area contributed by atoms with E-state index in [9.17, 15) is 19.0 Å². The molecular weight excluding hydrogens is 1010 g/mol. The second-order valence-corrected chi connectivity index (χ2v) is 24.6. The van der Waals surface area contributed by atoms with E-state index in [1.165, 1.54) is 161 Å². The molecule has 0 aromatic carbocycles. The summed E-state index contributed by atoms with van der Waals surface area (Å²) in [5, 5.41) is 0. The molecular formula is C70H125NO8P+. The minimum absolute atomic E-state index is 0.0288. The summed E-state index contributed by atoms with van der Waals surface area (Å²) in [6.07, 6.45) is 83.6. The predicted molar refractivity (Wildman–Crippen MR) is 344 cm³/mol. The molecule has 0 rings (SSSR count). The minimum Gasteiger partial charge on any atom is -0.462 e. The van der Waals surface area contributed by atoms with Crippen molar-refractivity contribution in [2.75, 3.05) is 47.5 Å². The first-order valence-electron chi connectivity index (χ1n) is 33.0. The van der Waals surface area contributed by atoms with Gasteiger partial charge in [0, 0.05) is 12.8 Å². The molecule has 0 aliphatic carbocycles. The van der Waals surface area contributed by atoms with Gasteiger partial charge in [0.15, 0.2) is 6.10 Å². The molecule has 0 amide bonds. The number of hydrogen-bond donors (Lipinski definition) is 1. The fourth-order valence-corrected chi connectivity index (χ4v) is 9.79. The zero-order valence-corrected chi connectivity index (χ0v) is 53.4. The molecule has 0 bridgehead atoms. The lowest BCUT2D eigenvalue weighted by molar-refractivity contribution is -0.870. The first kappa shape index (κ1) is 76.9. The molecule has 462 valence electrons. The molecule has 0 radical (unpaired) electrons. The number of allylic oxidation sites excluding steroid dienone is 16. The van der Waals surface area contributed by atoms with Gasteiger partial charge in [-0.15, -0.1) is 0 Å². The van der Waals surface area contributed by atoms with Gasteiger partial charge in [0.1, 0.15) is 19.8 Å². The molecule has 80 heavy (non-hydrogen) atoms. The molecule has 10 heteroatoms. The summed E-state index contributed by atoms with van der Waals surface area (Å²) in [7, 11) is 1.47. The number of likely N-dealkylation sites (N-methyl/N-ethyl adjacent to an activating group) is 1. The Labute approximate surface area is 493 Å². The third-order valence-corrected chi connectivity index (χ3v) is 15.1. The summed E-state index contributed by atoms with van der Waals surface area (Å²) >= 11 is 0. The van der Waals surface area contributed by atoms with Crippen molar-refractivity contribution in [3.63, 3.8) is 0 Å². The molecule has 9 nitrogen and oxygen atoms in total. The largest absolute Gasteiger partial charge is 0.472 e. The maximum Gasteiger partial charge on any atom is 0.472 e. The molecule has 0 aliphatic rings. The number of quaternary nitrogens is 1. The van der Waals surface area contributed by atoms with E-state index in [1.54, 1.807) is 0 Å². The van der Waals surface area contributed by atoms with Crippen LogP contribution in [-0.2, 0) is 32.7 Å². The van der Waals surface area contributed by atoms with Crippen LogP contribution in [0.4, 0.5) is 0 Å². The lowest BCUT2D eigenvalue weighted by Gasteiger charge is -2.24. The van der Waals surface area contributed by atoms with Crippen molar-refractivity contribution in [1.82, 2.24) is 0 Å². The topological polar surface area (TPSA) is 108 Å². The van der Waals surface area contributed by atoms with E-state index in [0.717, 1.165) is 89.9 Å². The van der Waals surface area contributed by atoms with Crippen molar-refractivity contribution in [1.29, 1.82) is 0 Å². The van der Waals surface area contributed by atoms with Gasteiger partial charge < -0.3 is 18.9 Å². The van der Waals surface area contributed by atoms with Crippen molar-refractivity contribution in [2.24, 2.45) is 0 Å². The predicted octanol–water partition coefficient (Wildman–Crippen LogP) is 21.2. The number of phosphoric acid groups is 1. The Hall–Kier alpha value is -3.07. The second kappa shape index (κ2) is 60.5. The molecule has 0 aromatic heterocycles. The summed E-state index contributed by atoms with van der Waals surface area (Å²) in [6, 6.07) is 0. The fraction of sp³-hybridized carbons (Fsp3) is 0.743. The SMILES string of the molecule is CC/C=C\C/C=C\C/C=C\C/C=C\C/C=C\C/C=C\CCCCCCCCCCCCCCCCCCCCCCC(=O)OC(COC(=O)CCCCCCCCC/C=C\C/C=C\CCCCC)COP(=O)(O)OCC[N+](C)(C)C. The van der Waals surface area contributed by atoms with Gasteiger partial charge in [0.2, 0.25) is 0 Å². The summed E-state index contributed by atoms with van der Waals surface area (Å²) in [6.45, 7) is 4.30. The summed E-state index contributed by atoms with van der Waals surface area (Å²) < 4.78 is 34.6. The third kappa shape index (κ3) is 64.1. The highest BCUT2D eigenvalue weighted by Crippen LogP contribution is 2.43. The van der Waals surface area contributed by atoms with E-state index >= 15 is 0 Å². The number of unbranched alkanes of at least 4 members (excludes halogenated alkanes) is 30. The van der Waals surface area contributed by atoms with Crippen LogP contribution < -0.4 is 0 Å². The average Bonchev–Trinajstić information content (AvgIpc) is 3.42. The highest BCUT2D eigenvalue weighted by Gasteiger charge is 2.27. The van der Waals surface area contributed by atoms with Crippen molar-refractivity contribution >= 4 is 19.8 Å². The van der Waals surface area contributed by atoms with Crippen molar-refractivity contribution in [3.8, 4) is 0 Å². The third-order valence-electron chi connectivity index (χ3n) is 14.1. The van der Waals surface area contributed by atoms with Gasteiger partial charge >= 0.3 is 19.8 Å². The van der Waals surface area contributed by atoms with Gasteiger partial charge in [-0.05, 0) is 96.3 Å². The first-order chi connectivity index (χ1) is 39.0. The number of ether oxygens (including phenoxy) is 2. The molecule has 0 spiro atoms. The van der Waals surface area contributed by atoms with Gasteiger partial charge in [-0.3, -0.25) is 18.6 Å². The Morgan fingerprint density at radius 1 is 0.400 bits per heavy atom. The Morgan fingerprint density at radius 3 is 1.06 bits per heavy atom. The lowest BCUT2D eigenvalue weighted by Crippen LogP contribution is -2.37. The van der Waals surface area contributed by atoms with Crippen LogP contribution in [0.15, 0.2) is 97.2 Å². The van der Waals surface area contributed by atoms with Gasteiger partial charge in [-0.2, -0.15) is 0 Å². The molecule has 0 fully saturated rings. The number of esters is 2. The number of carbonyl (C=O) groups is 2. The van der Waals surface area contributed by atoms with E-state index < -0.39 is 26.5 Å². The highest BCUT2D eigenvalue weighted by atomic mass is 31.2. The van der Waals surface area contributed by atoms with Crippen LogP contribution in [-0.4, -0.2) is 74.9 Å². The zero-order chi connectivity index (χ0) is 58.4. The fourth-order valence-electron chi connectivity index (χ4n) is 9.05. The maximum atomic E-state index is 12.8. The molecule has 0 saturated heterocycles. The molecule has 0 aliphatic heterocycles. The molecule has 0 heterocycles. The van der Waals surface area contributed by atoms with Crippen LogP contribution in [0, 0.1) is 0 Å². The number of hydrogen-bond acceptors (Lipinski definition) is 7. The van der Waals surface area contributed by atoms with E-state index in [2.05, 4.69) is 111 Å². The smallest absolute Gasteiger partial charge is 0.462 e. The van der Waals surface area contributed by atoms with Crippen LogP contribution in [0.5, 0.6) is 0 Å². The van der Waals surface area contributed by atoms with Gasteiger partial charge in [0.25, 0.3) is 0 Å². The standard InChI is InChI=1S/C70H124NO8P/c1-6-8-10-12-14-16-18-20-22-24-25-26-27-28-29-30-31-32-33-34-35-36-37-38-39-40-41-42-43-44-45-47-49-51-53-55-57-59-61-63-70(73)79-68(67-78-80(74,75)77-65-64-71(3,4)5)66-76-69(72)62-60-58-56-54-52-50-48-46-23-21-19-17-15-13-11-9-7-2/h8,10,14-17,20-23,25-26,28-29,31-32,68H,6-7,9,11-13,18-19,24,27,30,33-67H2,1-5H3/p+1/b10-8-,16-14-,17-15-,22-20-,23-21-,26-25-,29-28-,32-31-. The quantitative estimate of drug-likeness (QED) is 0.0211. The number of nitrogens with zero attached hydrogens (tertiary/aromatic N) is 1. The van der Waals surface area contributed by atoms with Crippen LogP contribution >= 0.6 is 7.82 Å². The van der Waals surface area contributed by atoms with Crippen LogP contribution in [0.3, 0.4) is 0 Å². The lowest BCUT2D eigenvalue weighted by atomic mass is 10.0. The van der Waals surface area contributed by atoms with Crippen molar-refractivity contribution < 1.29 is 42.1 Å². The number of phosphoric ester groups is 1. The Kier molecular flexibility index (Phi) is 58.2. The maximum absolute atomic E-state index is 12.8. The van der Waals surface area contributed by atoms with Gasteiger partial charge in [-0.25, -0.2) is 4.57 Å². The van der Waals surface area contributed by atoms with Crippen LogP contribution in [0.25, 0.3) is 0 Å². The molecule has 1 N–H and O–H groups in total. The van der Waals surface area contributed by atoms with E-state index in [1.807, 2.05) is 21.1 Å².